The molecule has 1 aromatic rings. The fourth-order valence-corrected chi connectivity index (χ4v) is 2.12. The van der Waals surface area contributed by atoms with E-state index in [9.17, 15) is 14.7 Å². The molecule has 0 aliphatic rings. The summed E-state index contributed by atoms with van der Waals surface area (Å²) in [6, 6.07) is 5.28. The number of amides is 1. The number of aliphatic hydroxyl groups excluding tert-OH is 1. The average Bonchev–Trinajstić information content (AvgIpc) is 2.37. The van der Waals surface area contributed by atoms with Gasteiger partial charge in [0, 0.05) is 8.04 Å². The van der Waals surface area contributed by atoms with Crippen LogP contribution in [0.4, 0.5) is 0 Å². The van der Waals surface area contributed by atoms with E-state index >= 15 is 0 Å². The minimum atomic E-state index is -1.36. The largest absolute Gasteiger partial charge is 0.467 e. The molecule has 7 heteroatoms. The van der Waals surface area contributed by atoms with Gasteiger partial charge in [0.2, 0.25) is 0 Å². The van der Waals surface area contributed by atoms with Crippen LogP contribution in [0.2, 0.25) is 0 Å². The molecule has 18 heavy (non-hydrogen) atoms. The Bertz CT molecular complexity index is 466. The van der Waals surface area contributed by atoms with E-state index in [4.69, 9.17) is 0 Å². The SMILES string of the molecule is COC(=O)C(O)CNC(=O)c1cc(Br)ccc1I. The Balaban J connectivity index is 2.66. The second-order valence-corrected chi connectivity index (χ2v) is 5.45. The van der Waals surface area contributed by atoms with E-state index in [1.807, 2.05) is 28.7 Å². The highest BCUT2D eigenvalue weighted by Crippen LogP contribution is 2.18. The average molecular weight is 428 g/mol. The number of nitrogens with one attached hydrogen (secondary N) is 1. The first kappa shape index (κ1) is 15.4. The van der Waals surface area contributed by atoms with Crippen molar-refractivity contribution in [2.24, 2.45) is 0 Å². The van der Waals surface area contributed by atoms with Gasteiger partial charge >= 0.3 is 5.97 Å². The van der Waals surface area contributed by atoms with Gasteiger partial charge in [0.25, 0.3) is 5.91 Å². The lowest BCUT2D eigenvalue weighted by atomic mass is 10.2. The first-order valence-corrected chi connectivity index (χ1v) is 6.82. The molecule has 5 nitrogen and oxygen atoms in total. The van der Waals surface area contributed by atoms with Gasteiger partial charge in [-0.2, -0.15) is 0 Å². The summed E-state index contributed by atoms with van der Waals surface area (Å²) in [5.41, 5.74) is 0.474. The zero-order valence-electron chi connectivity index (χ0n) is 9.44. The Labute approximate surface area is 126 Å². The number of halogens is 2. The molecule has 0 spiro atoms. The fourth-order valence-electron chi connectivity index (χ4n) is 1.18. The number of aliphatic hydroxyl groups is 1. The van der Waals surface area contributed by atoms with Gasteiger partial charge in [0.15, 0.2) is 6.10 Å². The van der Waals surface area contributed by atoms with Crippen LogP contribution in [0.25, 0.3) is 0 Å². The minimum Gasteiger partial charge on any atom is -0.467 e. The molecule has 0 bridgehead atoms. The lowest BCUT2D eigenvalue weighted by molar-refractivity contribution is -0.149. The second-order valence-electron chi connectivity index (χ2n) is 3.37. The first-order valence-electron chi connectivity index (χ1n) is 4.95. The minimum absolute atomic E-state index is 0.186. The third-order valence-corrected chi connectivity index (χ3v) is 3.54. The predicted octanol–water partition coefficient (Wildman–Crippen LogP) is 1.32. The van der Waals surface area contributed by atoms with E-state index in [2.05, 4.69) is 26.0 Å². The van der Waals surface area contributed by atoms with Crippen molar-refractivity contribution in [1.29, 1.82) is 0 Å². The number of methoxy groups -OCH3 is 1. The monoisotopic (exact) mass is 427 g/mol. The number of esters is 1. The van der Waals surface area contributed by atoms with Crippen molar-refractivity contribution in [1.82, 2.24) is 5.32 Å². The number of benzene rings is 1. The van der Waals surface area contributed by atoms with Crippen molar-refractivity contribution in [2.45, 2.75) is 6.10 Å². The van der Waals surface area contributed by atoms with Gasteiger partial charge in [0.1, 0.15) is 0 Å². The highest BCUT2D eigenvalue weighted by molar-refractivity contribution is 14.1. The Hall–Kier alpha value is -0.670. The number of hydrogen-bond donors (Lipinski definition) is 2. The van der Waals surface area contributed by atoms with Crippen LogP contribution < -0.4 is 5.32 Å². The van der Waals surface area contributed by atoms with Gasteiger partial charge in [0.05, 0.1) is 19.2 Å². The number of carbonyl (C=O) groups is 2. The smallest absolute Gasteiger partial charge is 0.336 e. The lowest BCUT2D eigenvalue weighted by Crippen LogP contribution is -2.37. The molecular weight excluding hydrogens is 417 g/mol. The van der Waals surface area contributed by atoms with Crippen LogP contribution in [-0.2, 0) is 9.53 Å². The Morgan fingerprint density at radius 1 is 1.56 bits per heavy atom. The van der Waals surface area contributed by atoms with E-state index in [1.165, 1.54) is 7.11 Å². The molecule has 0 saturated heterocycles. The summed E-state index contributed by atoms with van der Waals surface area (Å²) in [6.07, 6.45) is -1.36. The molecule has 0 heterocycles. The summed E-state index contributed by atoms with van der Waals surface area (Å²) < 4.78 is 5.90. The first-order chi connectivity index (χ1) is 8.45. The highest BCUT2D eigenvalue weighted by atomic mass is 127. The number of hydrogen-bond acceptors (Lipinski definition) is 4. The summed E-state index contributed by atoms with van der Waals surface area (Å²) >= 11 is 5.31. The topological polar surface area (TPSA) is 75.6 Å². The maximum Gasteiger partial charge on any atom is 0.336 e. The van der Waals surface area contributed by atoms with Crippen LogP contribution in [-0.4, -0.2) is 36.7 Å². The summed E-state index contributed by atoms with van der Waals surface area (Å²) in [4.78, 5) is 22.8. The van der Waals surface area contributed by atoms with Crippen molar-refractivity contribution >= 4 is 50.4 Å². The molecule has 1 aromatic carbocycles. The second kappa shape index (κ2) is 7.05. The summed E-state index contributed by atoms with van der Waals surface area (Å²) in [6.45, 7) is -0.186. The summed E-state index contributed by atoms with van der Waals surface area (Å²) in [5, 5.41) is 11.8. The maximum atomic E-state index is 11.8. The quantitative estimate of drug-likeness (QED) is 0.561. The zero-order valence-corrected chi connectivity index (χ0v) is 13.2. The van der Waals surface area contributed by atoms with E-state index in [1.54, 1.807) is 12.1 Å². The van der Waals surface area contributed by atoms with Gasteiger partial charge < -0.3 is 15.2 Å². The van der Waals surface area contributed by atoms with Gasteiger partial charge in [-0.3, -0.25) is 4.79 Å². The maximum absolute atomic E-state index is 11.8. The molecule has 0 aromatic heterocycles. The molecule has 0 radical (unpaired) electrons. The molecule has 2 N–H and O–H groups in total. The van der Waals surface area contributed by atoms with Crippen molar-refractivity contribution in [2.75, 3.05) is 13.7 Å². The standard InChI is InChI=1S/C11H11BrINO4/c1-18-11(17)9(15)5-14-10(16)7-4-6(12)2-3-8(7)13/h2-4,9,15H,5H2,1H3,(H,14,16). The Morgan fingerprint density at radius 3 is 2.83 bits per heavy atom. The normalized spacial score (nSPS) is 11.8. The molecule has 0 fully saturated rings. The molecule has 0 aliphatic heterocycles. The molecule has 98 valence electrons. The third kappa shape index (κ3) is 4.21. The van der Waals surface area contributed by atoms with E-state index < -0.39 is 12.1 Å². The van der Waals surface area contributed by atoms with Crippen LogP contribution in [0.3, 0.4) is 0 Å². The van der Waals surface area contributed by atoms with Crippen LogP contribution in [0, 0.1) is 3.57 Å². The third-order valence-electron chi connectivity index (χ3n) is 2.10. The Morgan fingerprint density at radius 2 is 2.22 bits per heavy atom. The van der Waals surface area contributed by atoms with Gasteiger partial charge in [-0.05, 0) is 40.8 Å². The van der Waals surface area contributed by atoms with Gasteiger partial charge in [-0.1, -0.05) is 15.9 Å². The van der Waals surface area contributed by atoms with Crippen LogP contribution in [0.15, 0.2) is 22.7 Å². The van der Waals surface area contributed by atoms with E-state index in [-0.39, 0.29) is 12.5 Å². The van der Waals surface area contributed by atoms with E-state index in [0.29, 0.717) is 5.56 Å². The lowest BCUT2D eigenvalue weighted by Gasteiger charge is -2.10. The van der Waals surface area contributed by atoms with Gasteiger partial charge in [-0.25, -0.2) is 4.79 Å². The summed E-state index contributed by atoms with van der Waals surface area (Å²) in [7, 11) is 1.17. The molecule has 1 unspecified atom stereocenters. The summed E-state index contributed by atoms with van der Waals surface area (Å²) in [5.74, 6) is -1.14. The number of ether oxygens (including phenoxy) is 1. The van der Waals surface area contributed by atoms with Crippen molar-refractivity contribution in [3.8, 4) is 0 Å². The van der Waals surface area contributed by atoms with Crippen molar-refractivity contribution in [3.05, 3.63) is 31.8 Å². The number of carbonyl (C=O) groups excluding carboxylic acids is 2. The van der Waals surface area contributed by atoms with Crippen LogP contribution in [0.1, 0.15) is 10.4 Å². The van der Waals surface area contributed by atoms with E-state index in [0.717, 1.165) is 8.04 Å². The molecular formula is C11H11BrINO4. The molecule has 1 rings (SSSR count). The van der Waals surface area contributed by atoms with Gasteiger partial charge in [-0.15, -0.1) is 0 Å². The molecule has 1 amide bonds. The van der Waals surface area contributed by atoms with Crippen LogP contribution >= 0.6 is 38.5 Å². The number of rotatable bonds is 4. The van der Waals surface area contributed by atoms with Crippen molar-refractivity contribution in [3.63, 3.8) is 0 Å². The molecule has 1 atom stereocenters. The highest BCUT2D eigenvalue weighted by Gasteiger charge is 2.17. The zero-order chi connectivity index (χ0) is 13.7. The molecule has 0 aliphatic carbocycles. The fraction of sp³-hybridized carbons (Fsp3) is 0.273. The Kier molecular flexibility index (Phi) is 6.03. The van der Waals surface area contributed by atoms with Crippen LogP contribution in [0.5, 0.6) is 0 Å². The predicted molar refractivity (Wildman–Crippen MR) is 77.2 cm³/mol. The molecule has 0 saturated carbocycles. The van der Waals surface area contributed by atoms with Crippen molar-refractivity contribution < 1.29 is 19.4 Å².